The second-order valence-electron chi connectivity index (χ2n) is 5.30. The Morgan fingerprint density at radius 1 is 0.750 bits per heavy atom. The van der Waals surface area contributed by atoms with Crippen molar-refractivity contribution in [2.24, 2.45) is 0 Å². The molecule has 0 aliphatic rings. The lowest BCUT2D eigenvalue weighted by molar-refractivity contribution is 0.394. The first kappa shape index (κ1) is 16.3. The zero-order valence-electron chi connectivity index (χ0n) is 13.2. The van der Waals surface area contributed by atoms with Gasteiger partial charge in [0.05, 0.1) is 19.1 Å². The summed E-state index contributed by atoms with van der Waals surface area (Å²) in [6.45, 7) is 0. The predicted molar refractivity (Wildman–Crippen MR) is 92.3 cm³/mol. The van der Waals surface area contributed by atoms with Gasteiger partial charge in [-0.05, 0) is 52.2 Å². The predicted octanol–water partition coefficient (Wildman–Crippen LogP) is 3.77. The molecule has 0 fully saturated rings. The van der Waals surface area contributed by atoms with Gasteiger partial charge in [-0.3, -0.25) is 4.55 Å². The van der Waals surface area contributed by atoms with Gasteiger partial charge in [0.1, 0.15) is 11.5 Å². The summed E-state index contributed by atoms with van der Waals surface area (Å²) < 4.78 is 42.2. The Morgan fingerprint density at radius 3 is 1.92 bits per heavy atom. The van der Waals surface area contributed by atoms with E-state index in [9.17, 15) is 8.42 Å². The van der Waals surface area contributed by atoms with Gasteiger partial charge in [0.25, 0.3) is 10.1 Å². The number of hydrogen-bond acceptors (Lipinski definition) is 4. The number of rotatable bonds is 4. The molecule has 6 heteroatoms. The molecule has 0 amide bonds. The molecule has 0 saturated heterocycles. The molecule has 0 aliphatic carbocycles. The number of methoxy groups -OCH3 is 2. The lowest BCUT2D eigenvalue weighted by Gasteiger charge is -2.10. The molecule has 5 nitrogen and oxygen atoms in total. The Morgan fingerprint density at radius 2 is 1.33 bits per heavy atom. The molecule has 0 bridgehead atoms. The van der Waals surface area contributed by atoms with Crippen LogP contribution in [0.25, 0.3) is 21.9 Å². The van der Waals surface area contributed by atoms with E-state index in [2.05, 4.69) is 0 Å². The summed E-state index contributed by atoms with van der Waals surface area (Å²) in [5.41, 5.74) is 1.87. The van der Waals surface area contributed by atoms with Gasteiger partial charge in [0.15, 0.2) is 0 Å². The van der Waals surface area contributed by atoms with Crippen molar-refractivity contribution in [3.8, 4) is 22.6 Å². The summed E-state index contributed by atoms with van der Waals surface area (Å²) in [6, 6.07) is 15.7. The molecular formula is C18H16O5S. The van der Waals surface area contributed by atoms with Crippen LogP contribution in [-0.4, -0.2) is 27.2 Å². The number of fused-ring (bicyclic) bond motifs is 1. The van der Waals surface area contributed by atoms with E-state index in [1.54, 1.807) is 26.4 Å². The molecule has 0 spiro atoms. The van der Waals surface area contributed by atoms with Crippen molar-refractivity contribution in [1.29, 1.82) is 0 Å². The monoisotopic (exact) mass is 344 g/mol. The van der Waals surface area contributed by atoms with Crippen LogP contribution in [0, 0.1) is 0 Å². The molecule has 0 aliphatic heterocycles. The van der Waals surface area contributed by atoms with Crippen LogP contribution in [0.2, 0.25) is 0 Å². The number of benzene rings is 3. The quantitative estimate of drug-likeness (QED) is 0.729. The maximum Gasteiger partial charge on any atom is 0.294 e. The van der Waals surface area contributed by atoms with E-state index in [0.29, 0.717) is 11.5 Å². The fraction of sp³-hybridized carbons (Fsp3) is 0.111. The van der Waals surface area contributed by atoms with Crippen LogP contribution in [0.3, 0.4) is 0 Å². The molecule has 0 aromatic heterocycles. The second kappa shape index (κ2) is 6.14. The molecular weight excluding hydrogens is 328 g/mol. The Kier molecular flexibility index (Phi) is 4.17. The molecule has 0 unspecified atom stereocenters. The van der Waals surface area contributed by atoms with Crippen molar-refractivity contribution in [2.75, 3.05) is 14.2 Å². The van der Waals surface area contributed by atoms with Crippen molar-refractivity contribution < 1.29 is 22.4 Å². The highest BCUT2D eigenvalue weighted by molar-refractivity contribution is 7.85. The van der Waals surface area contributed by atoms with Crippen LogP contribution < -0.4 is 9.47 Å². The van der Waals surface area contributed by atoms with Crippen LogP contribution in [-0.2, 0) is 10.1 Å². The van der Waals surface area contributed by atoms with Gasteiger partial charge >= 0.3 is 0 Å². The van der Waals surface area contributed by atoms with E-state index >= 15 is 0 Å². The lowest BCUT2D eigenvalue weighted by atomic mass is 10.0. The highest BCUT2D eigenvalue weighted by Gasteiger charge is 2.11. The van der Waals surface area contributed by atoms with E-state index in [1.807, 2.05) is 30.3 Å². The van der Waals surface area contributed by atoms with Gasteiger partial charge < -0.3 is 9.47 Å². The van der Waals surface area contributed by atoms with E-state index in [4.69, 9.17) is 14.0 Å². The molecule has 3 rings (SSSR count). The zero-order chi connectivity index (χ0) is 17.3. The standard InChI is InChI=1S/C18H16O5S/c1-22-16-8-15(9-17(11-16)23-2)13-3-4-14-10-18(24(19,20)21)6-5-12(14)7-13/h3-11H,1-2H3,(H,19,20,21). The summed E-state index contributed by atoms with van der Waals surface area (Å²) in [6.07, 6.45) is 0. The van der Waals surface area contributed by atoms with Gasteiger partial charge in [-0.1, -0.05) is 18.2 Å². The molecule has 3 aromatic rings. The summed E-state index contributed by atoms with van der Waals surface area (Å²) in [5.74, 6) is 1.37. The molecule has 0 radical (unpaired) electrons. The summed E-state index contributed by atoms with van der Waals surface area (Å²) in [4.78, 5) is -0.120. The van der Waals surface area contributed by atoms with Crippen molar-refractivity contribution >= 4 is 20.9 Å². The maximum absolute atomic E-state index is 11.2. The normalized spacial score (nSPS) is 11.5. The Labute approximate surface area is 140 Å². The highest BCUT2D eigenvalue weighted by Crippen LogP contribution is 2.32. The summed E-state index contributed by atoms with van der Waals surface area (Å²) >= 11 is 0. The van der Waals surface area contributed by atoms with Crippen LogP contribution in [0.1, 0.15) is 0 Å². The summed E-state index contributed by atoms with van der Waals surface area (Å²) in [7, 11) is -1.02. The van der Waals surface area contributed by atoms with Crippen LogP contribution in [0.15, 0.2) is 59.5 Å². The molecule has 24 heavy (non-hydrogen) atoms. The van der Waals surface area contributed by atoms with Crippen LogP contribution in [0.5, 0.6) is 11.5 Å². The van der Waals surface area contributed by atoms with Gasteiger partial charge in [-0.15, -0.1) is 0 Å². The largest absolute Gasteiger partial charge is 0.497 e. The van der Waals surface area contributed by atoms with E-state index in [1.165, 1.54) is 12.1 Å². The zero-order valence-corrected chi connectivity index (χ0v) is 14.0. The fourth-order valence-corrected chi connectivity index (χ4v) is 3.05. The Balaban J connectivity index is 2.12. The molecule has 0 heterocycles. The smallest absolute Gasteiger partial charge is 0.294 e. The van der Waals surface area contributed by atoms with Crippen molar-refractivity contribution in [2.45, 2.75) is 4.90 Å². The molecule has 124 valence electrons. The number of ether oxygens (including phenoxy) is 2. The van der Waals surface area contributed by atoms with Crippen molar-refractivity contribution in [3.63, 3.8) is 0 Å². The van der Waals surface area contributed by atoms with Crippen LogP contribution in [0.4, 0.5) is 0 Å². The third-order valence-corrected chi connectivity index (χ3v) is 4.64. The SMILES string of the molecule is COc1cc(OC)cc(-c2ccc3cc(S(=O)(=O)O)ccc3c2)c1. The topological polar surface area (TPSA) is 72.8 Å². The first-order valence-electron chi connectivity index (χ1n) is 7.15. The summed E-state index contributed by atoms with van der Waals surface area (Å²) in [5, 5.41) is 1.59. The first-order chi connectivity index (χ1) is 11.4. The maximum atomic E-state index is 11.2. The molecule has 0 saturated carbocycles. The molecule has 0 atom stereocenters. The Hall–Kier alpha value is -2.57. The van der Waals surface area contributed by atoms with Gasteiger partial charge in [0.2, 0.25) is 0 Å². The third-order valence-electron chi connectivity index (χ3n) is 3.79. The van der Waals surface area contributed by atoms with E-state index in [-0.39, 0.29) is 4.90 Å². The van der Waals surface area contributed by atoms with E-state index in [0.717, 1.165) is 21.9 Å². The average Bonchev–Trinajstić information content (AvgIpc) is 2.59. The van der Waals surface area contributed by atoms with Crippen molar-refractivity contribution in [3.05, 3.63) is 54.6 Å². The minimum atomic E-state index is -4.21. The minimum Gasteiger partial charge on any atom is -0.497 e. The number of hydrogen-bond donors (Lipinski definition) is 1. The fourth-order valence-electron chi connectivity index (χ4n) is 2.54. The van der Waals surface area contributed by atoms with E-state index < -0.39 is 10.1 Å². The lowest BCUT2D eigenvalue weighted by Crippen LogP contribution is -1.97. The second-order valence-corrected chi connectivity index (χ2v) is 6.72. The average molecular weight is 344 g/mol. The third kappa shape index (κ3) is 3.20. The van der Waals surface area contributed by atoms with Crippen molar-refractivity contribution in [1.82, 2.24) is 0 Å². The Bertz CT molecular complexity index is 987. The van der Waals surface area contributed by atoms with Gasteiger partial charge in [-0.25, -0.2) is 0 Å². The highest BCUT2D eigenvalue weighted by atomic mass is 32.2. The molecule has 1 N–H and O–H groups in total. The first-order valence-corrected chi connectivity index (χ1v) is 8.59. The van der Waals surface area contributed by atoms with Gasteiger partial charge in [-0.2, -0.15) is 8.42 Å². The minimum absolute atomic E-state index is 0.120. The van der Waals surface area contributed by atoms with Crippen LogP contribution >= 0.6 is 0 Å². The van der Waals surface area contributed by atoms with Gasteiger partial charge in [0, 0.05) is 6.07 Å². The molecule has 3 aromatic carbocycles.